The van der Waals surface area contributed by atoms with Gasteiger partial charge in [0.2, 0.25) is 5.82 Å². The zero-order valence-electron chi connectivity index (χ0n) is 15.4. The van der Waals surface area contributed by atoms with Crippen LogP contribution in [0.1, 0.15) is 56.1 Å². The van der Waals surface area contributed by atoms with E-state index in [-0.39, 0.29) is 5.82 Å². The van der Waals surface area contributed by atoms with Gasteiger partial charge in [-0.05, 0) is 50.7 Å². The molecule has 3 N–H and O–H groups in total. The summed E-state index contributed by atoms with van der Waals surface area (Å²) in [6, 6.07) is 1.86. The second kappa shape index (κ2) is 6.41. The molecule has 1 aliphatic carbocycles. The van der Waals surface area contributed by atoms with Crippen molar-refractivity contribution in [3.63, 3.8) is 0 Å². The standard InChI is InChI=1S/C18H20N6O2S/c1-8-4-5-11-12(6-8)27-17(13(11)14(19)25)22-16(26)15-21-18-20-9(2)7-10(3)24(18)23-15/h7-8H,4-6H2,1-3H3,(H2,19,25)(H,22,26). The van der Waals surface area contributed by atoms with Crippen LogP contribution in [0.3, 0.4) is 0 Å². The number of nitrogens with one attached hydrogen (secondary N) is 1. The maximum absolute atomic E-state index is 12.7. The summed E-state index contributed by atoms with van der Waals surface area (Å²) in [4.78, 5) is 34.3. The molecule has 0 aromatic carbocycles. The molecule has 0 bridgehead atoms. The summed E-state index contributed by atoms with van der Waals surface area (Å²) in [5, 5.41) is 7.50. The smallest absolute Gasteiger partial charge is 0.296 e. The third kappa shape index (κ3) is 3.08. The molecule has 1 aliphatic rings. The number of hydrogen-bond acceptors (Lipinski definition) is 6. The Kier molecular flexibility index (Phi) is 4.18. The molecule has 1 atom stereocenters. The molecule has 0 saturated carbocycles. The first-order valence-corrected chi connectivity index (χ1v) is 9.62. The highest BCUT2D eigenvalue weighted by Crippen LogP contribution is 2.39. The van der Waals surface area contributed by atoms with Gasteiger partial charge in [0.25, 0.3) is 17.6 Å². The molecule has 0 radical (unpaired) electrons. The first-order valence-electron chi connectivity index (χ1n) is 8.80. The fraction of sp³-hybridized carbons (Fsp3) is 0.389. The van der Waals surface area contributed by atoms with Gasteiger partial charge < -0.3 is 11.1 Å². The molecule has 0 spiro atoms. The minimum Gasteiger partial charge on any atom is -0.365 e. The van der Waals surface area contributed by atoms with Crippen molar-refractivity contribution < 1.29 is 9.59 Å². The number of primary amides is 1. The molecule has 0 saturated heterocycles. The van der Waals surface area contributed by atoms with E-state index in [1.807, 2.05) is 19.9 Å². The van der Waals surface area contributed by atoms with E-state index in [2.05, 4.69) is 27.3 Å². The predicted octanol–water partition coefficient (Wildman–Crippen LogP) is 2.28. The van der Waals surface area contributed by atoms with Crippen molar-refractivity contribution in [2.75, 3.05) is 5.32 Å². The van der Waals surface area contributed by atoms with E-state index < -0.39 is 11.8 Å². The van der Waals surface area contributed by atoms with Gasteiger partial charge in [0.05, 0.1) is 5.56 Å². The Morgan fingerprint density at radius 1 is 1.33 bits per heavy atom. The number of carbonyl (C=O) groups is 2. The van der Waals surface area contributed by atoms with Gasteiger partial charge in [0.1, 0.15) is 5.00 Å². The summed E-state index contributed by atoms with van der Waals surface area (Å²) >= 11 is 1.42. The first-order chi connectivity index (χ1) is 12.8. The number of aryl methyl sites for hydroxylation is 2. The average molecular weight is 384 g/mol. The van der Waals surface area contributed by atoms with Crippen molar-refractivity contribution >= 4 is 33.9 Å². The molecule has 3 heterocycles. The molecule has 3 aromatic heterocycles. The number of amides is 2. The number of rotatable bonds is 3. The Labute approximate surface area is 159 Å². The van der Waals surface area contributed by atoms with Crippen LogP contribution in [0.5, 0.6) is 0 Å². The van der Waals surface area contributed by atoms with Crippen LogP contribution in [0.2, 0.25) is 0 Å². The highest BCUT2D eigenvalue weighted by atomic mass is 32.1. The number of hydrogen-bond donors (Lipinski definition) is 2. The lowest BCUT2D eigenvalue weighted by Gasteiger charge is -2.18. The zero-order chi connectivity index (χ0) is 19.3. The molecule has 27 heavy (non-hydrogen) atoms. The van der Waals surface area contributed by atoms with Gasteiger partial charge >= 0.3 is 0 Å². The quantitative estimate of drug-likeness (QED) is 0.719. The van der Waals surface area contributed by atoms with Crippen LogP contribution in [0.15, 0.2) is 6.07 Å². The summed E-state index contributed by atoms with van der Waals surface area (Å²) in [7, 11) is 0. The number of nitrogens with zero attached hydrogens (tertiary/aromatic N) is 4. The third-order valence-electron chi connectivity index (χ3n) is 4.81. The van der Waals surface area contributed by atoms with E-state index in [4.69, 9.17) is 5.73 Å². The van der Waals surface area contributed by atoms with E-state index >= 15 is 0 Å². The summed E-state index contributed by atoms with van der Waals surface area (Å²) < 4.78 is 1.53. The van der Waals surface area contributed by atoms with Crippen molar-refractivity contribution in [3.8, 4) is 0 Å². The molecular weight excluding hydrogens is 364 g/mol. The van der Waals surface area contributed by atoms with Crippen LogP contribution in [-0.4, -0.2) is 31.4 Å². The van der Waals surface area contributed by atoms with E-state index in [1.54, 1.807) is 0 Å². The van der Waals surface area contributed by atoms with Gasteiger partial charge in [-0.1, -0.05) is 6.92 Å². The predicted molar refractivity (Wildman–Crippen MR) is 102 cm³/mol. The molecular formula is C18H20N6O2S. The largest absolute Gasteiger partial charge is 0.365 e. The summed E-state index contributed by atoms with van der Waals surface area (Å²) in [5.41, 5.74) is 8.63. The summed E-state index contributed by atoms with van der Waals surface area (Å²) in [6.45, 7) is 5.91. The maximum Gasteiger partial charge on any atom is 0.296 e. The number of anilines is 1. The Balaban J connectivity index is 1.69. The van der Waals surface area contributed by atoms with E-state index in [0.717, 1.165) is 41.1 Å². The molecule has 8 nitrogen and oxygen atoms in total. The SMILES string of the molecule is Cc1cc(C)n2nc(C(=O)Nc3sc4c(c3C(N)=O)CCC(C)C4)nc2n1. The fourth-order valence-corrected chi connectivity index (χ4v) is 4.93. The second-order valence-corrected chi connectivity index (χ2v) is 8.17. The monoisotopic (exact) mass is 384 g/mol. The molecule has 9 heteroatoms. The van der Waals surface area contributed by atoms with Crippen molar-refractivity contribution in [2.24, 2.45) is 11.7 Å². The first kappa shape index (κ1) is 17.6. The van der Waals surface area contributed by atoms with E-state index in [1.165, 1.54) is 15.9 Å². The Bertz CT molecular complexity index is 1080. The fourth-order valence-electron chi connectivity index (χ4n) is 3.52. The Hall–Kier alpha value is -2.81. The topological polar surface area (TPSA) is 115 Å². The minimum atomic E-state index is -0.520. The van der Waals surface area contributed by atoms with Crippen LogP contribution in [0.4, 0.5) is 5.00 Å². The Morgan fingerprint density at radius 2 is 2.11 bits per heavy atom. The van der Waals surface area contributed by atoms with Crippen molar-refractivity contribution in [3.05, 3.63) is 39.3 Å². The molecule has 140 valence electrons. The zero-order valence-corrected chi connectivity index (χ0v) is 16.2. The van der Waals surface area contributed by atoms with Gasteiger partial charge in [-0.2, -0.15) is 4.98 Å². The number of fused-ring (bicyclic) bond motifs is 2. The van der Waals surface area contributed by atoms with Crippen molar-refractivity contribution in [1.82, 2.24) is 19.6 Å². The van der Waals surface area contributed by atoms with E-state index in [9.17, 15) is 9.59 Å². The van der Waals surface area contributed by atoms with Crippen LogP contribution < -0.4 is 11.1 Å². The van der Waals surface area contributed by atoms with Gasteiger partial charge in [-0.25, -0.2) is 9.50 Å². The molecule has 3 aromatic rings. The van der Waals surface area contributed by atoms with Gasteiger partial charge in [-0.3, -0.25) is 9.59 Å². The second-order valence-electron chi connectivity index (χ2n) is 7.06. The average Bonchev–Trinajstić information content (AvgIpc) is 3.15. The number of aromatic nitrogens is 4. The summed E-state index contributed by atoms with van der Waals surface area (Å²) in [6.07, 6.45) is 2.71. The minimum absolute atomic E-state index is 0.00589. The molecule has 4 rings (SSSR count). The van der Waals surface area contributed by atoms with Crippen LogP contribution in [-0.2, 0) is 12.8 Å². The van der Waals surface area contributed by atoms with Gasteiger partial charge in [0.15, 0.2) is 0 Å². The lowest BCUT2D eigenvalue weighted by molar-refractivity contribution is 0.1000. The normalized spacial score (nSPS) is 16.3. The Morgan fingerprint density at radius 3 is 2.85 bits per heavy atom. The molecule has 2 amide bonds. The molecule has 1 unspecified atom stereocenters. The van der Waals surface area contributed by atoms with Crippen LogP contribution in [0.25, 0.3) is 5.78 Å². The number of nitrogens with two attached hydrogens (primary N) is 1. The van der Waals surface area contributed by atoms with Gasteiger partial charge in [0, 0.05) is 16.3 Å². The van der Waals surface area contributed by atoms with Crippen LogP contribution in [0, 0.1) is 19.8 Å². The highest BCUT2D eigenvalue weighted by molar-refractivity contribution is 7.17. The van der Waals surface area contributed by atoms with Gasteiger partial charge in [-0.15, -0.1) is 16.4 Å². The lowest BCUT2D eigenvalue weighted by atomic mass is 9.88. The molecule has 0 aliphatic heterocycles. The lowest BCUT2D eigenvalue weighted by Crippen LogP contribution is -2.20. The van der Waals surface area contributed by atoms with E-state index in [0.29, 0.717) is 22.3 Å². The highest BCUT2D eigenvalue weighted by Gasteiger charge is 2.28. The number of carbonyl (C=O) groups excluding carboxylic acids is 2. The summed E-state index contributed by atoms with van der Waals surface area (Å²) in [5.74, 6) is -0.0728. The maximum atomic E-state index is 12.7. The van der Waals surface area contributed by atoms with Crippen LogP contribution >= 0.6 is 11.3 Å². The van der Waals surface area contributed by atoms with Crippen molar-refractivity contribution in [1.29, 1.82) is 0 Å². The number of thiophene rings is 1. The van der Waals surface area contributed by atoms with Crippen molar-refractivity contribution in [2.45, 2.75) is 40.0 Å². The third-order valence-corrected chi connectivity index (χ3v) is 5.98. The molecule has 0 fully saturated rings.